The highest BCUT2D eigenvalue weighted by Crippen LogP contribution is 2.26. The number of nitrogens with one attached hydrogen (secondary N) is 1. The standard InChI is InChI=1S/C19H25FN6/c1-5-10-21-19-23-17(16-18(24-19)26(12-22-16)13(2)3)25(4)11-14-6-8-15(20)9-7-14/h6-9,12-13H,5,10-11H2,1-4H3,(H,21,23,24). The molecule has 138 valence electrons. The molecule has 1 N–H and O–H groups in total. The average molecular weight is 356 g/mol. The lowest BCUT2D eigenvalue weighted by atomic mass is 10.2. The van der Waals surface area contributed by atoms with E-state index in [-0.39, 0.29) is 11.9 Å². The van der Waals surface area contributed by atoms with Gasteiger partial charge < -0.3 is 14.8 Å². The monoisotopic (exact) mass is 356 g/mol. The van der Waals surface area contributed by atoms with E-state index in [1.165, 1.54) is 12.1 Å². The Labute approximate surface area is 153 Å². The summed E-state index contributed by atoms with van der Waals surface area (Å²) in [5.41, 5.74) is 2.59. The number of halogens is 1. The lowest BCUT2D eigenvalue weighted by Crippen LogP contribution is -2.19. The molecule has 0 aliphatic heterocycles. The summed E-state index contributed by atoms with van der Waals surface area (Å²) in [7, 11) is 1.96. The minimum atomic E-state index is -0.234. The van der Waals surface area contributed by atoms with E-state index in [1.807, 2.05) is 22.8 Å². The first-order chi connectivity index (χ1) is 12.5. The molecule has 1 aromatic carbocycles. The van der Waals surface area contributed by atoms with Crippen molar-refractivity contribution in [1.82, 2.24) is 19.5 Å². The number of nitrogens with zero attached hydrogens (tertiary/aromatic N) is 5. The molecule has 0 unspecified atom stereocenters. The Balaban J connectivity index is 2.00. The van der Waals surface area contributed by atoms with Crippen LogP contribution in [-0.2, 0) is 6.54 Å². The molecule has 0 saturated carbocycles. The van der Waals surface area contributed by atoms with Gasteiger partial charge in [-0.2, -0.15) is 9.97 Å². The van der Waals surface area contributed by atoms with E-state index in [0.29, 0.717) is 12.5 Å². The molecule has 2 aromatic heterocycles. The van der Waals surface area contributed by atoms with E-state index < -0.39 is 0 Å². The van der Waals surface area contributed by atoms with Gasteiger partial charge in [-0.05, 0) is 38.0 Å². The Morgan fingerprint density at radius 3 is 2.58 bits per heavy atom. The molecule has 0 aliphatic carbocycles. The van der Waals surface area contributed by atoms with Crippen LogP contribution in [0.4, 0.5) is 16.2 Å². The van der Waals surface area contributed by atoms with E-state index in [2.05, 4.69) is 41.0 Å². The number of fused-ring (bicyclic) bond motifs is 1. The minimum Gasteiger partial charge on any atom is -0.354 e. The third-order valence-electron chi connectivity index (χ3n) is 4.19. The van der Waals surface area contributed by atoms with Crippen LogP contribution in [0.3, 0.4) is 0 Å². The molecule has 3 rings (SSSR count). The van der Waals surface area contributed by atoms with Crippen molar-refractivity contribution in [1.29, 1.82) is 0 Å². The van der Waals surface area contributed by atoms with Crippen molar-refractivity contribution in [2.45, 2.75) is 39.8 Å². The normalized spacial score (nSPS) is 11.3. The molecule has 0 radical (unpaired) electrons. The number of hydrogen-bond acceptors (Lipinski definition) is 5. The molecule has 0 bridgehead atoms. The molecular weight excluding hydrogens is 331 g/mol. The van der Waals surface area contributed by atoms with Gasteiger partial charge in [-0.3, -0.25) is 0 Å². The van der Waals surface area contributed by atoms with Crippen LogP contribution in [0.5, 0.6) is 0 Å². The van der Waals surface area contributed by atoms with Crippen molar-refractivity contribution >= 4 is 22.9 Å². The van der Waals surface area contributed by atoms with Crippen LogP contribution in [0.1, 0.15) is 38.8 Å². The van der Waals surface area contributed by atoms with Gasteiger partial charge in [0.1, 0.15) is 5.82 Å². The molecule has 6 nitrogen and oxygen atoms in total. The summed E-state index contributed by atoms with van der Waals surface area (Å²) in [4.78, 5) is 15.9. The van der Waals surface area contributed by atoms with Gasteiger partial charge in [-0.15, -0.1) is 0 Å². The maximum Gasteiger partial charge on any atom is 0.226 e. The van der Waals surface area contributed by atoms with Gasteiger partial charge in [-0.1, -0.05) is 19.1 Å². The first-order valence-electron chi connectivity index (χ1n) is 8.93. The number of rotatable bonds is 7. The van der Waals surface area contributed by atoms with Crippen LogP contribution in [0.2, 0.25) is 0 Å². The zero-order valence-corrected chi connectivity index (χ0v) is 15.7. The summed E-state index contributed by atoms with van der Waals surface area (Å²) in [6.45, 7) is 7.72. The molecule has 3 aromatic rings. The lowest BCUT2D eigenvalue weighted by Gasteiger charge is -2.20. The topological polar surface area (TPSA) is 58.9 Å². The van der Waals surface area contributed by atoms with Crippen LogP contribution < -0.4 is 10.2 Å². The van der Waals surface area contributed by atoms with E-state index in [0.717, 1.165) is 35.5 Å². The zero-order valence-electron chi connectivity index (χ0n) is 15.7. The molecule has 0 aliphatic rings. The average Bonchev–Trinajstić information content (AvgIpc) is 3.05. The predicted octanol–water partition coefficient (Wildman–Crippen LogP) is 4.00. The summed E-state index contributed by atoms with van der Waals surface area (Å²) >= 11 is 0. The Kier molecular flexibility index (Phi) is 5.35. The number of hydrogen-bond donors (Lipinski definition) is 1. The maximum atomic E-state index is 13.1. The van der Waals surface area contributed by atoms with Crippen molar-refractivity contribution in [3.8, 4) is 0 Å². The summed E-state index contributed by atoms with van der Waals surface area (Å²) in [6, 6.07) is 6.77. The van der Waals surface area contributed by atoms with Gasteiger partial charge in [0.15, 0.2) is 17.0 Å². The first-order valence-corrected chi connectivity index (χ1v) is 8.93. The fraction of sp³-hybridized carbons (Fsp3) is 0.421. The van der Waals surface area contributed by atoms with E-state index in [9.17, 15) is 4.39 Å². The molecular formula is C19H25FN6. The summed E-state index contributed by atoms with van der Waals surface area (Å²) in [5.74, 6) is 1.13. The molecule has 0 fully saturated rings. The molecule has 26 heavy (non-hydrogen) atoms. The molecule has 2 heterocycles. The van der Waals surface area contributed by atoms with Gasteiger partial charge in [0.2, 0.25) is 5.95 Å². The highest BCUT2D eigenvalue weighted by Gasteiger charge is 2.17. The minimum absolute atomic E-state index is 0.234. The van der Waals surface area contributed by atoms with Crippen LogP contribution in [0.15, 0.2) is 30.6 Å². The molecule has 0 spiro atoms. The summed E-state index contributed by atoms with van der Waals surface area (Å²) < 4.78 is 15.2. The second-order valence-corrected chi connectivity index (χ2v) is 6.70. The predicted molar refractivity (Wildman–Crippen MR) is 103 cm³/mol. The molecule has 0 saturated heterocycles. The molecule has 0 amide bonds. The maximum absolute atomic E-state index is 13.1. The molecule has 0 atom stereocenters. The summed E-state index contributed by atoms with van der Waals surface area (Å²) in [5, 5.41) is 3.27. The van der Waals surface area contributed by atoms with Gasteiger partial charge >= 0.3 is 0 Å². The second-order valence-electron chi connectivity index (χ2n) is 6.70. The number of imidazole rings is 1. The van der Waals surface area contributed by atoms with Crippen molar-refractivity contribution < 1.29 is 4.39 Å². The third kappa shape index (κ3) is 3.76. The third-order valence-corrected chi connectivity index (χ3v) is 4.19. The second kappa shape index (κ2) is 7.68. The largest absolute Gasteiger partial charge is 0.354 e. The highest BCUT2D eigenvalue weighted by atomic mass is 19.1. The Morgan fingerprint density at radius 2 is 1.92 bits per heavy atom. The molecule has 7 heteroatoms. The first kappa shape index (κ1) is 18.1. The van der Waals surface area contributed by atoms with Crippen LogP contribution in [0, 0.1) is 5.82 Å². The number of benzene rings is 1. The Hall–Kier alpha value is -2.70. The van der Waals surface area contributed by atoms with Crippen LogP contribution in [-0.4, -0.2) is 33.1 Å². The Bertz CT molecular complexity index is 872. The Morgan fingerprint density at radius 1 is 1.19 bits per heavy atom. The lowest BCUT2D eigenvalue weighted by molar-refractivity contribution is 0.613. The quantitative estimate of drug-likeness (QED) is 0.693. The van der Waals surface area contributed by atoms with E-state index in [1.54, 1.807) is 12.1 Å². The van der Waals surface area contributed by atoms with Crippen molar-refractivity contribution in [3.63, 3.8) is 0 Å². The van der Waals surface area contributed by atoms with Gasteiger partial charge in [0.25, 0.3) is 0 Å². The SMILES string of the molecule is CCCNc1nc(N(C)Cc2ccc(F)cc2)c2ncn(C(C)C)c2n1. The fourth-order valence-electron chi connectivity index (χ4n) is 2.80. The van der Waals surface area contributed by atoms with Crippen molar-refractivity contribution in [2.24, 2.45) is 0 Å². The number of aromatic nitrogens is 4. The number of anilines is 2. The van der Waals surface area contributed by atoms with Gasteiger partial charge in [0, 0.05) is 26.2 Å². The van der Waals surface area contributed by atoms with Gasteiger partial charge in [0.05, 0.1) is 6.33 Å². The smallest absolute Gasteiger partial charge is 0.226 e. The highest BCUT2D eigenvalue weighted by molar-refractivity contribution is 5.84. The summed E-state index contributed by atoms with van der Waals surface area (Å²) in [6.07, 6.45) is 2.80. The van der Waals surface area contributed by atoms with Crippen molar-refractivity contribution in [2.75, 3.05) is 23.8 Å². The van der Waals surface area contributed by atoms with E-state index >= 15 is 0 Å². The van der Waals surface area contributed by atoms with Crippen LogP contribution >= 0.6 is 0 Å². The van der Waals surface area contributed by atoms with Gasteiger partial charge in [-0.25, -0.2) is 9.37 Å². The zero-order chi connectivity index (χ0) is 18.7. The van der Waals surface area contributed by atoms with E-state index in [4.69, 9.17) is 0 Å². The fourth-order valence-corrected chi connectivity index (χ4v) is 2.80. The van der Waals surface area contributed by atoms with Crippen molar-refractivity contribution in [3.05, 3.63) is 42.0 Å². The van der Waals surface area contributed by atoms with Crippen LogP contribution in [0.25, 0.3) is 11.2 Å².